The second-order valence-electron chi connectivity index (χ2n) is 14.9. The first kappa shape index (κ1) is 41.2. The summed E-state index contributed by atoms with van der Waals surface area (Å²) in [5.74, 6) is -2.33. The van der Waals surface area contributed by atoms with Crippen molar-refractivity contribution in [1.82, 2.24) is 35.4 Å². The topological polar surface area (TPSA) is 139 Å². The summed E-state index contributed by atoms with van der Waals surface area (Å²) in [6.07, 6.45) is 3.83. The number of alkyl halides is 3. The monoisotopic (exact) mass is 767 g/mol. The fourth-order valence-corrected chi connectivity index (χ4v) is 7.15. The van der Waals surface area contributed by atoms with Crippen LogP contribution in [-0.4, -0.2) is 86.7 Å². The molecule has 2 aliphatic heterocycles. The zero-order chi connectivity index (χ0) is 39.5. The minimum Gasteiger partial charge on any atom is -0.486 e. The third-order valence-electron chi connectivity index (χ3n) is 10.1. The van der Waals surface area contributed by atoms with Gasteiger partial charge in [-0.25, -0.2) is 0 Å². The minimum absolute atomic E-state index is 0.0705. The van der Waals surface area contributed by atoms with E-state index in [1.807, 2.05) is 44.2 Å². The molecule has 4 amide bonds. The standard InChI is InChI=1S/C40H52F3N7O5/c1-27(2)22-32-38(53)50-21-13-16-33(50)39(54)48(3)34(23-28-14-9-8-10-15-28)37(52)44-19-11-6-4-5-7-12-20-49-25-30(46-47-49)26-55-35-24-29(40(41,42)43)17-18-31(35)36(51)45-32/h8-10,14-15,17-18,24-25,27,32-34H,4-7,11-13,16,19-23,26H2,1-3H3,(H,44,52)(H,45,51)/t32-,33-,34+/m1/s1. The van der Waals surface area contributed by atoms with Crippen LogP contribution in [0.1, 0.15) is 98.8 Å². The average Bonchev–Trinajstić information content (AvgIpc) is 3.84. The highest BCUT2D eigenvalue weighted by molar-refractivity contribution is 6.00. The molecule has 1 fully saturated rings. The van der Waals surface area contributed by atoms with E-state index in [1.54, 1.807) is 17.9 Å². The summed E-state index contributed by atoms with van der Waals surface area (Å²) >= 11 is 0. The molecule has 1 saturated heterocycles. The third kappa shape index (κ3) is 11.3. The van der Waals surface area contributed by atoms with E-state index in [0.717, 1.165) is 62.3 Å². The first-order valence-electron chi connectivity index (χ1n) is 19.2. The number of likely N-dealkylation sites (N-methyl/N-ethyl adjacent to an activating group) is 1. The van der Waals surface area contributed by atoms with Crippen molar-refractivity contribution in [2.24, 2.45) is 5.92 Å². The molecule has 0 saturated carbocycles. The lowest BCUT2D eigenvalue weighted by Gasteiger charge is -2.34. The Morgan fingerprint density at radius 2 is 1.64 bits per heavy atom. The van der Waals surface area contributed by atoms with Crippen LogP contribution in [0.3, 0.4) is 0 Å². The fourth-order valence-electron chi connectivity index (χ4n) is 7.15. The highest BCUT2D eigenvalue weighted by atomic mass is 19.4. The van der Waals surface area contributed by atoms with E-state index >= 15 is 0 Å². The van der Waals surface area contributed by atoms with E-state index in [9.17, 15) is 32.3 Å². The van der Waals surface area contributed by atoms with Gasteiger partial charge in [0, 0.05) is 33.1 Å². The molecule has 15 heteroatoms. The number of benzene rings is 2. The molecule has 0 spiro atoms. The molecule has 12 nitrogen and oxygen atoms in total. The van der Waals surface area contributed by atoms with E-state index < -0.39 is 41.7 Å². The molecular weight excluding hydrogens is 715 g/mol. The molecule has 3 heterocycles. The Morgan fingerprint density at radius 1 is 0.909 bits per heavy atom. The van der Waals surface area contributed by atoms with Crippen molar-refractivity contribution in [1.29, 1.82) is 0 Å². The van der Waals surface area contributed by atoms with Gasteiger partial charge >= 0.3 is 6.18 Å². The summed E-state index contributed by atoms with van der Waals surface area (Å²) in [5, 5.41) is 14.0. The molecule has 2 N–H and O–H groups in total. The number of amides is 4. The van der Waals surface area contributed by atoms with Crippen molar-refractivity contribution >= 4 is 23.6 Å². The first-order chi connectivity index (χ1) is 26.3. The van der Waals surface area contributed by atoms with E-state index in [2.05, 4.69) is 20.9 Å². The van der Waals surface area contributed by atoms with Crippen LogP contribution in [0, 0.1) is 5.92 Å². The number of hydrogen-bond donors (Lipinski definition) is 2. The Hall–Kier alpha value is -4.95. The Morgan fingerprint density at radius 3 is 2.36 bits per heavy atom. The third-order valence-corrected chi connectivity index (χ3v) is 10.1. The van der Waals surface area contributed by atoms with E-state index in [4.69, 9.17) is 4.74 Å². The van der Waals surface area contributed by atoms with Gasteiger partial charge in [-0.05, 0) is 61.8 Å². The van der Waals surface area contributed by atoms with Gasteiger partial charge in [0.05, 0.1) is 17.3 Å². The molecule has 2 aromatic carbocycles. The smallest absolute Gasteiger partial charge is 0.416 e. The first-order valence-corrected chi connectivity index (χ1v) is 19.2. The minimum atomic E-state index is -4.70. The van der Waals surface area contributed by atoms with Gasteiger partial charge in [0.25, 0.3) is 5.91 Å². The molecule has 298 valence electrons. The molecule has 55 heavy (non-hydrogen) atoms. The molecule has 2 aliphatic rings. The van der Waals surface area contributed by atoms with Gasteiger partial charge in [-0.3, -0.25) is 23.9 Å². The van der Waals surface area contributed by atoms with Crippen LogP contribution in [0.5, 0.6) is 5.75 Å². The van der Waals surface area contributed by atoms with Crippen LogP contribution in [0.15, 0.2) is 54.7 Å². The van der Waals surface area contributed by atoms with Gasteiger partial charge < -0.3 is 25.2 Å². The number of aromatic nitrogens is 3. The van der Waals surface area contributed by atoms with Crippen LogP contribution < -0.4 is 15.4 Å². The van der Waals surface area contributed by atoms with Gasteiger partial charge in [0.15, 0.2) is 0 Å². The Balaban J connectivity index is 1.44. The number of halogens is 3. The Bertz CT molecular complexity index is 1770. The largest absolute Gasteiger partial charge is 0.486 e. The predicted octanol–water partition coefficient (Wildman–Crippen LogP) is 5.55. The molecule has 2 bridgehead atoms. The van der Waals surface area contributed by atoms with Crippen LogP contribution in [0.4, 0.5) is 13.2 Å². The number of hydrogen-bond acceptors (Lipinski definition) is 7. The van der Waals surface area contributed by atoms with Gasteiger partial charge in [-0.15, -0.1) is 5.10 Å². The van der Waals surface area contributed by atoms with Crippen molar-refractivity contribution in [3.05, 3.63) is 77.1 Å². The summed E-state index contributed by atoms with van der Waals surface area (Å²) in [6, 6.07) is 9.25. The van der Waals surface area contributed by atoms with Crippen LogP contribution in [0.2, 0.25) is 0 Å². The maximum Gasteiger partial charge on any atom is 0.416 e. The van der Waals surface area contributed by atoms with Crippen molar-refractivity contribution in [3.63, 3.8) is 0 Å². The van der Waals surface area contributed by atoms with Crippen molar-refractivity contribution in [3.8, 4) is 5.75 Å². The van der Waals surface area contributed by atoms with Crippen LogP contribution in [0.25, 0.3) is 0 Å². The molecule has 0 radical (unpaired) electrons. The lowest BCUT2D eigenvalue weighted by Crippen LogP contribution is -2.57. The zero-order valence-electron chi connectivity index (χ0n) is 31.8. The summed E-state index contributed by atoms with van der Waals surface area (Å²) < 4.78 is 48.8. The second kappa shape index (κ2) is 19.1. The van der Waals surface area contributed by atoms with Gasteiger partial charge in [0.1, 0.15) is 36.2 Å². The number of fused-ring (bicyclic) bond motifs is 4. The van der Waals surface area contributed by atoms with Gasteiger partial charge in [-0.1, -0.05) is 75.1 Å². The lowest BCUT2D eigenvalue weighted by molar-refractivity contribution is -0.147. The highest BCUT2D eigenvalue weighted by Gasteiger charge is 2.41. The predicted molar refractivity (Wildman–Crippen MR) is 199 cm³/mol. The van der Waals surface area contributed by atoms with E-state index in [1.165, 1.54) is 9.80 Å². The second-order valence-corrected chi connectivity index (χ2v) is 14.9. The van der Waals surface area contributed by atoms with Gasteiger partial charge in [0.2, 0.25) is 17.7 Å². The van der Waals surface area contributed by atoms with Crippen LogP contribution >= 0.6 is 0 Å². The molecule has 0 aliphatic carbocycles. The number of nitrogens with one attached hydrogen (secondary N) is 2. The summed E-state index contributed by atoms with van der Waals surface area (Å²) in [6.45, 7) is 4.85. The Labute approximate surface area is 320 Å². The number of nitrogens with zero attached hydrogens (tertiary/aromatic N) is 5. The molecule has 3 aromatic rings. The average molecular weight is 768 g/mol. The van der Waals surface area contributed by atoms with Crippen molar-refractivity contribution in [2.75, 3.05) is 20.1 Å². The number of carbonyl (C=O) groups is 4. The van der Waals surface area contributed by atoms with Crippen molar-refractivity contribution in [2.45, 2.75) is 116 Å². The molecule has 3 atom stereocenters. The van der Waals surface area contributed by atoms with Crippen LogP contribution in [-0.2, 0) is 40.1 Å². The fraction of sp³-hybridized carbons (Fsp3) is 0.550. The van der Waals surface area contributed by atoms with E-state index in [0.29, 0.717) is 31.6 Å². The van der Waals surface area contributed by atoms with Gasteiger partial charge in [-0.2, -0.15) is 13.2 Å². The SMILES string of the molecule is CC(C)C[C@H]1NC(=O)c2ccc(C(F)(F)F)cc2OCc2cn(nn2)CCCCCCCCNC(=O)[C@H](Cc2ccccc2)N(C)C(=O)[C@H]2CCCN2C1=O. The number of rotatable bonds is 4. The molecule has 0 unspecified atom stereocenters. The number of carbonyl (C=O) groups excluding carboxylic acids is 4. The van der Waals surface area contributed by atoms with E-state index in [-0.39, 0.29) is 55.0 Å². The zero-order valence-corrected chi connectivity index (χ0v) is 31.8. The number of aryl methyl sites for hydroxylation is 1. The highest BCUT2D eigenvalue weighted by Crippen LogP contribution is 2.34. The maximum atomic E-state index is 14.3. The van der Waals surface area contributed by atoms with Crippen molar-refractivity contribution < 1.29 is 37.1 Å². The molecule has 5 rings (SSSR count). The summed E-state index contributed by atoms with van der Waals surface area (Å²) in [5.41, 5.74) is 0.0708. The summed E-state index contributed by atoms with van der Waals surface area (Å²) in [4.78, 5) is 59.0. The molecule has 1 aromatic heterocycles. The lowest BCUT2D eigenvalue weighted by atomic mass is 10.0. The maximum absolute atomic E-state index is 14.3. The molecular formula is C40H52F3N7O5. The Kier molecular flexibility index (Phi) is 14.3. The normalized spacial score (nSPS) is 21.8. The number of ether oxygens (including phenoxy) is 1. The summed E-state index contributed by atoms with van der Waals surface area (Å²) in [7, 11) is 1.59. The quantitative estimate of drug-likeness (QED) is 0.355.